The van der Waals surface area contributed by atoms with Crippen molar-refractivity contribution in [1.82, 2.24) is 4.98 Å². The summed E-state index contributed by atoms with van der Waals surface area (Å²) in [5.41, 5.74) is 1.08. The SMILES string of the molecule is C[CH]OCCc1ccccn1. The first kappa shape index (κ1) is 8.21. The van der Waals surface area contributed by atoms with E-state index in [-0.39, 0.29) is 0 Å². The first-order chi connectivity index (χ1) is 5.43. The number of pyridine rings is 1. The fraction of sp³-hybridized carbons (Fsp3) is 0.333. The molecule has 0 atom stereocenters. The number of hydrogen-bond acceptors (Lipinski definition) is 2. The normalized spacial score (nSPS) is 9.91. The smallest absolute Gasteiger partial charge is 0.0806 e. The van der Waals surface area contributed by atoms with Crippen LogP contribution in [0.3, 0.4) is 0 Å². The molecule has 0 unspecified atom stereocenters. The lowest BCUT2D eigenvalue weighted by atomic mass is 10.3. The summed E-state index contributed by atoms with van der Waals surface area (Å²) in [6, 6.07) is 5.90. The average Bonchev–Trinajstić information content (AvgIpc) is 2.07. The molecule has 1 heterocycles. The molecular weight excluding hydrogens is 138 g/mol. The quantitative estimate of drug-likeness (QED) is 0.611. The highest BCUT2D eigenvalue weighted by atomic mass is 16.5. The molecule has 59 valence electrons. The van der Waals surface area contributed by atoms with Crippen LogP contribution >= 0.6 is 0 Å². The third kappa shape index (κ3) is 3.14. The number of hydrogen-bond donors (Lipinski definition) is 0. The van der Waals surface area contributed by atoms with E-state index in [9.17, 15) is 0 Å². The second-order valence-electron chi connectivity index (χ2n) is 2.18. The fourth-order valence-electron chi connectivity index (χ4n) is 0.827. The van der Waals surface area contributed by atoms with Gasteiger partial charge in [0.2, 0.25) is 0 Å². The zero-order valence-electron chi connectivity index (χ0n) is 6.66. The molecule has 0 saturated carbocycles. The molecule has 0 amide bonds. The fourth-order valence-corrected chi connectivity index (χ4v) is 0.827. The van der Waals surface area contributed by atoms with E-state index in [1.165, 1.54) is 0 Å². The maximum absolute atomic E-state index is 5.07. The molecular formula is C9H12NO. The van der Waals surface area contributed by atoms with E-state index in [4.69, 9.17) is 4.74 Å². The summed E-state index contributed by atoms with van der Waals surface area (Å²) in [5, 5.41) is 0. The van der Waals surface area contributed by atoms with Gasteiger partial charge in [0, 0.05) is 18.3 Å². The molecule has 2 nitrogen and oxygen atoms in total. The van der Waals surface area contributed by atoms with Gasteiger partial charge in [-0.1, -0.05) is 6.07 Å². The van der Waals surface area contributed by atoms with Crippen LogP contribution in [0.15, 0.2) is 24.4 Å². The molecule has 0 fully saturated rings. The zero-order chi connectivity index (χ0) is 7.94. The van der Waals surface area contributed by atoms with Gasteiger partial charge in [-0.2, -0.15) is 0 Å². The van der Waals surface area contributed by atoms with E-state index in [1.54, 1.807) is 12.8 Å². The molecule has 0 saturated heterocycles. The van der Waals surface area contributed by atoms with Crippen LogP contribution in [-0.4, -0.2) is 11.6 Å². The summed E-state index contributed by atoms with van der Waals surface area (Å²) in [5.74, 6) is 0. The van der Waals surface area contributed by atoms with Crippen molar-refractivity contribution in [2.45, 2.75) is 13.3 Å². The molecule has 2 heteroatoms. The maximum atomic E-state index is 5.07. The largest absolute Gasteiger partial charge is 0.375 e. The summed E-state index contributed by atoms with van der Waals surface area (Å²) in [6.07, 6.45) is 2.68. The Labute approximate surface area is 67.2 Å². The van der Waals surface area contributed by atoms with E-state index in [0.717, 1.165) is 12.1 Å². The molecule has 0 aliphatic rings. The van der Waals surface area contributed by atoms with Crippen molar-refractivity contribution in [3.8, 4) is 0 Å². The summed E-state index contributed by atoms with van der Waals surface area (Å²) in [6.45, 7) is 4.29. The maximum Gasteiger partial charge on any atom is 0.0806 e. The molecule has 1 aromatic heterocycles. The van der Waals surface area contributed by atoms with Gasteiger partial charge in [-0.15, -0.1) is 0 Å². The first-order valence-electron chi connectivity index (χ1n) is 3.73. The third-order valence-electron chi connectivity index (χ3n) is 1.37. The number of rotatable bonds is 4. The van der Waals surface area contributed by atoms with Crippen LogP contribution in [0.25, 0.3) is 0 Å². The molecule has 0 N–H and O–H groups in total. The lowest BCUT2D eigenvalue weighted by Gasteiger charge is -1.98. The number of ether oxygens (including phenoxy) is 1. The van der Waals surface area contributed by atoms with Crippen molar-refractivity contribution >= 4 is 0 Å². The first-order valence-corrected chi connectivity index (χ1v) is 3.73. The monoisotopic (exact) mass is 150 g/mol. The highest BCUT2D eigenvalue weighted by Gasteiger charge is 1.90. The molecule has 0 aromatic carbocycles. The lowest BCUT2D eigenvalue weighted by Crippen LogP contribution is -1.96. The summed E-state index contributed by atoms with van der Waals surface area (Å²) in [7, 11) is 0. The molecule has 1 radical (unpaired) electrons. The van der Waals surface area contributed by atoms with Gasteiger partial charge in [-0.25, -0.2) is 0 Å². The molecule has 11 heavy (non-hydrogen) atoms. The van der Waals surface area contributed by atoms with E-state index >= 15 is 0 Å². The predicted octanol–water partition coefficient (Wildman–Crippen LogP) is 1.82. The molecule has 0 spiro atoms. The van der Waals surface area contributed by atoms with Gasteiger partial charge in [-0.05, 0) is 19.1 Å². The Morgan fingerprint density at radius 1 is 1.55 bits per heavy atom. The van der Waals surface area contributed by atoms with Crippen molar-refractivity contribution in [3.05, 3.63) is 36.7 Å². The van der Waals surface area contributed by atoms with Crippen LogP contribution in [-0.2, 0) is 11.2 Å². The highest BCUT2D eigenvalue weighted by Crippen LogP contribution is 1.94. The van der Waals surface area contributed by atoms with Crippen LogP contribution in [0.1, 0.15) is 12.6 Å². The van der Waals surface area contributed by atoms with Crippen molar-refractivity contribution in [2.75, 3.05) is 6.61 Å². The second-order valence-corrected chi connectivity index (χ2v) is 2.18. The van der Waals surface area contributed by atoms with Gasteiger partial charge in [0.1, 0.15) is 0 Å². The minimum atomic E-state index is 0.716. The topological polar surface area (TPSA) is 22.1 Å². The molecule has 0 aliphatic heterocycles. The van der Waals surface area contributed by atoms with Gasteiger partial charge < -0.3 is 4.74 Å². The zero-order valence-corrected chi connectivity index (χ0v) is 6.66. The standard InChI is InChI=1S/C9H12NO/c1-2-11-8-6-9-5-3-4-7-10-9/h2-5,7H,6,8H2,1H3. The van der Waals surface area contributed by atoms with E-state index < -0.39 is 0 Å². The van der Waals surface area contributed by atoms with Gasteiger partial charge in [0.15, 0.2) is 0 Å². The molecule has 1 rings (SSSR count). The van der Waals surface area contributed by atoms with Crippen molar-refractivity contribution in [1.29, 1.82) is 0 Å². The van der Waals surface area contributed by atoms with Crippen molar-refractivity contribution < 1.29 is 4.74 Å². The van der Waals surface area contributed by atoms with Crippen LogP contribution in [0.4, 0.5) is 0 Å². The van der Waals surface area contributed by atoms with Gasteiger partial charge in [0.25, 0.3) is 0 Å². The van der Waals surface area contributed by atoms with Crippen molar-refractivity contribution in [3.63, 3.8) is 0 Å². The Bertz CT molecular complexity index is 186. The van der Waals surface area contributed by atoms with Crippen molar-refractivity contribution in [2.24, 2.45) is 0 Å². The molecule has 0 aliphatic carbocycles. The van der Waals surface area contributed by atoms with Gasteiger partial charge in [-0.3, -0.25) is 4.98 Å². The third-order valence-corrected chi connectivity index (χ3v) is 1.37. The Morgan fingerprint density at radius 3 is 3.09 bits per heavy atom. The summed E-state index contributed by atoms with van der Waals surface area (Å²) >= 11 is 0. The minimum Gasteiger partial charge on any atom is -0.375 e. The summed E-state index contributed by atoms with van der Waals surface area (Å²) in [4.78, 5) is 4.16. The Morgan fingerprint density at radius 2 is 2.45 bits per heavy atom. The number of nitrogens with zero attached hydrogens (tertiary/aromatic N) is 1. The van der Waals surface area contributed by atoms with Gasteiger partial charge >= 0.3 is 0 Å². The predicted molar refractivity (Wildman–Crippen MR) is 43.9 cm³/mol. The van der Waals surface area contributed by atoms with Gasteiger partial charge in [0.05, 0.1) is 13.2 Å². The van der Waals surface area contributed by atoms with Crippen LogP contribution in [0.2, 0.25) is 0 Å². The lowest BCUT2D eigenvalue weighted by molar-refractivity contribution is 0.207. The summed E-state index contributed by atoms with van der Waals surface area (Å²) < 4.78 is 5.07. The number of aromatic nitrogens is 1. The molecule has 0 bridgehead atoms. The van der Waals surface area contributed by atoms with Crippen LogP contribution < -0.4 is 0 Å². The van der Waals surface area contributed by atoms with Crippen LogP contribution in [0.5, 0.6) is 0 Å². The second kappa shape index (κ2) is 4.85. The van der Waals surface area contributed by atoms with E-state index in [1.807, 2.05) is 25.1 Å². The highest BCUT2D eigenvalue weighted by molar-refractivity contribution is 5.03. The Balaban J connectivity index is 2.28. The van der Waals surface area contributed by atoms with Crippen LogP contribution in [0, 0.1) is 6.61 Å². The average molecular weight is 150 g/mol. The van der Waals surface area contributed by atoms with E-state index in [2.05, 4.69) is 4.98 Å². The van der Waals surface area contributed by atoms with E-state index in [0.29, 0.717) is 6.61 Å². The molecule has 1 aromatic rings. The Kier molecular flexibility index (Phi) is 3.62. The minimum absolute atomic E-state index is 0.716. The Hall–Kier alpha value is -0.890.